The third-order valence-corrected chi connectivity index (χ3v) is 9.28. The van der Waals surface area contributed by atoms with Gasteiger partial charge in [0.1, 0.15) is 22.0 Å². The maximum Gasteiger partial charge on any atom is 0.349 e. The van der Waals surface area contributed by atoms with Crippen LogP contribution in [-0.4, -0.2) is 64.4 Å². The number of imidazole rings is 1. The number of thiophene rings is 1. The Morgan fingerprint density at radius 2 is 1.95 bits per heavy atom. The standard InChI is InChI=1S/C30H30F2N4O5S/c1-17-6-7-19(20(31)14-17)30(2)40-22-5-3-4-21(26(22)41-30)35-11-9-34(10-12-35)16-23-33-28-25(24(32)27(42-28)29(37)38)36(23)15-18-8-13-39-18/h3-7,14,18H,8-13,15-16H2,1-2H3,(H,37,38)/t18-,30-/m0/s1. The average Bonchev–Trinajstić information content (AvgIpc) is 3.56. The lowest BCUT2D eigenvalue weighted by Gasteiger charge is -2.36. The van der Waals surface area contributed by atoms with Gasteiger partial charge >= 0.3 is 5.97 Å². The molecule has 0 bridgehead atoms. The zero-order chi connectivity index (χ0) is 29.2. The average molecular weight is 597 g/mol. The largest absolute Gasteiger partial charge is 0.477 e. The zero-order valence-corrected chi connectivity index (χ0v) is 24.0. The number of halogens is 2. The van der Waals surface area contributed by atoms with E-state index in [4.69, 9.17) is 14.2 Å². The number of piperazine rings is 1. The third-order valence-electron chi connectivity index (χ3n) is 8.25. The predicted molar refractivity (Wildman–Crippen MR) is 153 cm³/mol. The van der Waals surface area contributed by atoms with Crippen molar-refractivity contribution in [3.05, 3.63) is 69.9 Å². The lowest BCUT2D eigenvalue weighted by Crippen LogP contribution is -2.46. The second kappa shape index (κ2) is 10.2. The molecule has 0 spiro atoms. The third kappa shape index (κ3) is 4.58. The fourth-order valence-corrected chi connectivity index (χ4v) is 6.82. The number of carboxylic acid groups (broad SMARTS) is 1. The number of aryl methyl sites for hydroxylation is 1. The van der Waals surface area contributed by atoms with Crippen molar-refractivity contribution in [1.29, 1.82) is 0 Å². The SMILES string of the molecule is Cc1ccc([C@@]2(C)Oc3cccc(N4CCN(Cc5nc6sc(C(=O)O)c(F)c6n5C[C@@H]5CCO5)CC4)c3O2)c(F)c1. The Morgan fingerprint density at radius 1 is 1.17 bits per heavy atom. The highest BCUT2D eigenvalue weighted by molar-refractivity contribution is 7.20. The summed E-state index contributed by atoms with van der Waals surface area (Å²) in [6.45, 7) is 8.02. The normalized spacial score (nSPS) is 22.1. The van der Waals surface area contributed by atoms with E-state index in [1.807, 2.05) is 31.2 Å². The molecule has 9 nitrogen and oxygen atoms in total. The van der Waals surface area contributed by atoms with Crippen LogP contribution >= 0.6 is 11.3 Å². The quantitative estimate of drug-likeness (QED) is 0.314. The van der Waals surface area contributed by atoms with Crippen molar-refractivity contribution in [2.45, 2.75) is 45.2 Å². The minimum Gasteiger partial charge on any atom is -0.477 e. The molecule has 0 saturated carbocycles. The molecule has 7 rings (SSSR count). The lowest BCUT2D eigenvalue weighted by molar-refractivity contribution is -0.0705. The van der Waals surface area contributed by atoms with Crippen molar-refractivity contribution in [3.8, 4) is 11.5 Å². The molecule has 12 heteroatoms. The number of ether oxygens (including phenoxy) is 3. The number of carboxylic acids is 1. The number of carbonyl (C=O) groups is 1. The van der Waals surface area contributed by atoms with Crippen LogP contribution in [-0.2, 0) is 23.6 Å². The summed E-state index contributed by atoms with van der Waals surface area (Å²) in [6, 6.07) is 10.7. The first kappa shape index (κ1) is 27.1. The molecule has 2 saturated heterocycles. The van der Waals surface area contributed by atoms with Crippen LogP contribution in [0, 0.1) is 18.6 Å². The first-order valence-corrected chi connectivity index (χ1v) is 14.8. The maximum atomic E-state index is 15.1. The number of para-hydroxylation sites is 1. The highest BCUT2D eigenvalue weighted by atomic mass is 32.1. The van der Waals surface area contributed by atoms with E-state index in [1.165, 1.54) is 6.07 Å². The van der Waals surface area contributed by atoms with Gasteiger partial charge in [0.25, 0.3) is 5.79 Å². The summed E-state index contributed by atoms with van der Waals surface area (Å²) in [5.74, 6) is -1.81. The first-order chi connectivity index (χ1) is 20.2. The van der Waals surface area contributed by atoms with Gasteiger partial charge in [-0.3, -0.25) is 4.90 Å². The number of hydrogen-bond donors (Lipinski definition) is 1. The van der Waals surface area contributed by atoms with Gasteiger partial charge in [-0.25, -0.2) is 18.6 Å². The summed E-state index contributed by atoms with van der Waals surface area (Å²) in [7, 11) is 0. The van der Waals surface area contributed by atoms with Crippen LogP contribution in [0.2, 0.25) is 0 Å². The van der Waals surface area contributed by atoms with E-state index >= 15 is 4.39 Å². The minimum atomic E-state index is -1.29. The van der Waals surface area contributed by atoms with E-state index in [2.05, 4.69) is 14.8 Å². The van der Waals surface area contributed by atoms with Crippen LogP contribution in [0.3, 0.4) is 0 Å². The number of hydrogen-bond acceptors (Lipinski definition) is 8. The molecule has 4 aromatic rings. The first-order valence-electron chi connectivity index (χ1n) is 14.0. The van der Waals surface area contributed by atoms with Gasteiger partial charge in [0.05, 0.1) is 30.4 Å². The van der Waals surface area contributed by atoms with Crippen LogP contribution < -0.4 is 14.4 Å². The van der Waals surface area contributed by atoms with Gasteiger partial charge in [-0.05, 0) is 43.2 Å². The Kier molecular flexibility index (Phi) is 6.59. The van der Waals surface area contributed by atoms with Gasteiger partial charge in [-0.15, -0.1) is 11.3 Å². The van der Waals surface area contributed by atoms with E-state index in [1.54, 1.807) is 17.6 Å². The van der Waals surface area contributed by atoms with E-state index in [9.17, 15) is 14.3 Å². The monoisotopic (exact) mass is 596 g/mol. The van der Waals surface area contributed by atoms with Crippen molar-refractivity contribution in [2.24, 2.45) is 0 Å². The molecule has 0 unspecified atom stereocenters. The van der Waals surface area contributed by atoms with Gasteiger partial charge in [-0.1, -0.05) is 12.1 Å². The number of benzene rings is 2. The second-order valence-corrected chi connectivity index (χ2v) is 12.1. The van der Waals surface area contributed by atoms with Crippen LogP contribution in [0.5, 0.6) is 11.5 Å². The summed E-state index contributed by atoms with van der Waals surface area (Å²) in [5, 5.41) is 9.39. The van der Waals surface area contributed by atoms with Gasteiger partial charge in [0.15, 0.2) is 22.2 Å². The Balaban J connectivity index is 1.08. The molecular formula is C30H30F2N4O5S. The number of fused-ring (bicyclic) bond motifs is 2. The number of rotatable bonds is 7. The molecule has 3 aliphatic heterocycles. The minimum absolute atomic E-state index is 0.0351. The van der Waals surface area contributed by atoms with Crippen molar-refractivity contribution < 1.29 is 32.9 Å². The summed E-state index contributed by atoms with van der Waals surface area (Å²) in [6.07, 6.45) is 0.838. The molecule has 0 aliphatic carbocycles. The Hall–Kier alpha value is -3.74. The number of nitrogens with zero attached hydrogens (tertiary/aromatic N) is 4. The highest BCUT2D eigenvalue weighted by Gasteiger charge is 2.43. The summed E-state index contributed by atoms with van der Waals surface area (Å²) < 4.78 is 49.9. The Labute approximate surface area is 244 Å². The van der Waals surface area contributed by atoms with E-state index in [0.29, 0.717) is 60.5 Å². The van der Waals surface area contributed by atoms with Crippen molar-refractivity contribution in [2.75, 3.05) is 37.7 Å². The van der Waals surface area contributed by atoms with Crippen molar-refractivity contribution in [3.63, 3.8) is 0 Å². The summed E-state index contributed by atoms with van der Waals surface area (Å²) in [5.41, 5.74) is 2.29. The fraction of sp³-hybridized carbons (Fsp3) is 0.400. The fourth-order valence-electron chi connectivity index (χ4n) is 5.90. The highest BCUT2D eigenvalue weighted by Crippen LogP contribution is 2.49. The van der Waals surface area contributed by atoms with Gasteiger partial charge in [0.2, 0.25) is 0 Å². The molecular weight excluding hydrogens is 566 g/mol. The molecule has 2 atom stereocenters. The van der Waals surface area contributed by atoms with Crippen LogP contribution in [0.1, 0.15) is 40.0 Å². The summed E-state index contributed by atoms with van der Waals surface area (Å²) in [4.78, 5) is 20.7. The molecule has 2 fully saturated rings. The maximum absolute atomic E-state index is 15.1. The Bertz CT molecular complexity index is 1690. The number of anilines is 1. The molecule has 220 valence electrons. The predicted octanol–water partition coefficient (Wildman–Crippen LogP) is 5.14. The number of aromatic carboxylic acids is 1. The molecule has 1 N–H and O–H groups in total. The molecule has 2 aromatic heterocycles. The summed E-state index contributed by atoms with van der Waals surface area (Å²) >= 11 is 0.867. The second-order valence-electron chi connectivity index (χ2n) is 11.1. The molecule has 5 heterocycles. The van der Waals surface area contributed by atoms with Gasteiger partial charge < -0.3 is 28.8 Å². The lowest BCUT2D eigenvalue weighted by atomic mass is 10.0. The number of aromatic nitrogens is 2. The van der Waals surface area contributed by atoms with Crippen LogP contribution in [0.15, 0.2) is 36.4 Å². The van der Waals surface area contributed by atoms with Crippen molar-refractivity contribution >= 4 is 33.3 Å². The molecule has 0 radical (unpaired) electrons. The van der Waals surface area contributed by atoms with E-state index < -0.39 is 17.6 Å². The van der Waals surface area contributed by atoms with E-state index in [-0.39, 0.29) is 22.3 Å². The van der Waals surface area contributed by atoms with Crippen LogP contribution in [0.4, 0.5) is 14.5 Å². The Morgan fingerprint density at radius 3 is 2.64 bits per heavy atom. The smallest absolute Gasteiger partial charge is 0.349 e. The van der Waals surface area contributed by atoms with Gasteiger partial charge in [-0.2, -0.15) is 0 Å². The molecule has 3 aliphatic rings. The zero-order valence-electron chi connectivity index (χ0n) is 23.2. The van der Waals surface area contributed by atoms with E-state index in [0.717, 1.165) is 42.1 Å². The molecule has 42 heavy (non-hydrogen) atoms. The van der Waals surface area contributed by atoms with Crippen LogP contribution in [0.25, 0.3) is 10.3 Å². The van der Waals surface area contributed by atoms with Gasteiger partial charge in [0, 0.05) is 39.7 Å². The molecule has 2 aromatic carbocycles. The van der Waals surface area contributed by atoms with Crippen molar-refractivity contribution in [1.82, 2.24) is 14.5 Å². The topological polar surface area (TPSA) is 89.3 Å². The molecule has 0 amide bonds.